The molecular formula is C13H13ClF4N2. The number of alkyl halides is 4. The number of benzene rings is 1. The maximum atomic E-state index is 13.5. The van der Waals surface area contributed by atoms with Crippen LogP contribution in [0.1, 0.15) is 30.1 Å². The fraction of sp³-hybridized carbons (Fsp3) is 0.462. The van der Waals surface area contributed by atoms with E-state index < -0.39 is 23.8 Å². The number of imidazole rings is 1. The maximum absolute atomic E-state index is 13.5. The second-order valence-electron chi connectivity index (χ2n) is 4.69. The molecule has 1 aromatic heterocycles. The lowest BCUT2D eigenvalue weighted by Gasteiger charge is -2.12. The summed E-state index contributed by atoms with van der Waals surface area (Å²) >= 11 is 5.95. The van der Waals surface area contributed by atoms with Gasteiger partial charge in [-0.05, 0) is 25.5 Å². The molecule has 20 heavy (non-hydrogen) atoms. The van der Waals surface area contributed by atoms with E-state index in [4.69, 9.17) is 11.6 Å². The predicted octanol–water partition coefficient (Wildman–Crippen LogP) is 4.74. The van der Waals surface area contributed by atoms with Gasteiger partial charge in [-0.15, -0.1) is 11.6 Å². The van der Waals surface area contributed by atoms with Gasteiger partial charge in [0, 0.05) is 12.6 Å². The molecule has 1 aromatic carbocycles. The highest BCUT2D eigenvalue weighted by atomic mass is 35.5. The molecule has 0 amide bonds. The number of aryl methyl sites for hydroxylation is 2. The van der Waals surface area contributed by atoms with Crippen molar-refractivity contribution in [1.29, 1.82) is 0 Å². The van der Waals surface area contributed by atoms with Gasteiger partial charge >= 0.3 is 6.18 Å². The summed E-state index contributed by atoms with van der Waals surface area (Å²) in [5.41, 5.74) is 1.15. The largest absolute Gasteiger partial charge is 0.390 e. The molecule has 0 spiro atoms. The van der Waals surface area contributed by atoms with E-state index in [0.717, 1.165) is 0 Å². The third-order valence-corrected chi connectivity index (χ3v) is 3.23. The molecular weight excluding hydrogens is 296 g/mol. The van der Waals surface area contributed by atoms with Crippen LogP contribution >= 0.6 is 11.6 Å². The number of aromatic nitrogens is 2. The summed E-state index contributed by atoms with van der Waals surface area (Å²) in [5.74, 6) is -0.123. The summed E-state index contributed by atoms with van der Waals surface area (Å²) in [6.07, 6.45) is -5.25. The molecule has 1 unspecified atom stereocenters. The summed E-state index contributed by atoms with van der Waals surface area (Å²) in [7, 11) is 0. The van der Waals surface area contributed by atoms with Crippen LogP contribution in [0.15, 0.2) is 12.1 Å². The minimum Gasteiger partial charge on any atom is -0.326 e. The van der Waals surface area contributed by atoms with Gasteiger partial charge < -0.3 is 4.57 Å². The van der Waals surface area contributed by atoms with Crippen LogP contribution in [0.4, 0.5) is 17.6 Å². The van der Waals surface area contributed by atoms with Crippen LogP contribution in [-0.4, -0.2) is 15.7 Å². The lowest BCUT2D eigenvalue weighted by molar-refractivity contribution is -0.136. The molecule has 2 nitrogen and oxygen atoms in total. The molecule has 110 valence electrons. The average Bonchev–Trinajstić information content (AvgIpc) is 2.64. The zero-order chi connectivity index (χ0) is 15.1. The van der Waals surface area contributed by atoms with Crippen LogP contribution in [0, 0.1) is 12.7 Å². The van der Waals surface area contributed by atoms with Crippen LogP contribution in [0.25, 0.3) is 11.0 Å². The summed E-state index contributed by atoms with van der Waals surface area (Å²) in [4.78, 5) is 4.14. The van der Waals surface area contributed by atoms with Crippen LogP contribution in [0.5, 0.6) is 0 Å². The molecule has 0 aliphatic heterocycles. The zero-order valence-corrected chi connectivity index (χ0v) is 11.7. The van der Waals surface area contributed by atoms with Crippen molar-refractivity contribution in [2.24, 2.45) is 0 Å². The number of hydrogen-bond acceptors (Lipinski definition) is 1. The first-order chi connectivity index (χ1) is 9.19. The molecule has 0 saturated heterocycles. The Labute approximate surface area is 118 Å². The Morgan fingerprint density at radius 2 is 2.00 bits per heavy atom. The number of nitrogens with zero attached hydrogens (tertiary/aromatic N) is 2. The van der Waals surface area contributed by atoms with Crippen molar-refractivity contribution < 1.29 is 17.6 Å². The lowest BCUT2D eigenvalue weighted by Crippen LogP contribution is -2.14. The highest BCUT2D eigenvalue weighted by Gasteiger charge is 2.28. The van der Waals surface area contributed by atoms with Crippen LogP contribution in [0.2, 0.25) is 0 Å². The Bertz CT molecular complexity index is 631. The highest BCUT2D eigenvalue weighted by Crippen LogP contribution is 2.29. The van der Waals surface area contributed by atoms with E-state index >= 15 is 0 Å². The maximum Gasteiger partial charge on any atom is 0.390 e. The monoisotopic (exact) mass is 308 g/mol. The van der Waals surface area contributed by atoms with Gasteiger partial charge in [0.15, 0.2) is 0 Å². The standard InChI is InChI=1S/C13H13ClF4N2/c1-7-5-11-10(6-9(7)15)19-12(8(2)14)20(11)4-3-13(16,17)18/h5-6,8H,3-4H2,1-2H3. The van der Waals surface area contributed by atoms with Gasteiger partial charge in [-0.3, -0.25) is 0 Å². The zero-order valence-electron chi connectivity index (χ0n) is 10.9. The van der Waals surface area contributed by atoms with E-state index in [1.165, 1.54) is 16.7 Å². The first kappa shape index (κ1) is 15.1. The average molecular weight is 309 g/mol. The van der Waals surface area contributed by atoms with Crippen molar-refractivity contribution in [3.8, 4) is 0 Å². The molecule has 1 heterocycles. The van der Waals surface area contributed by atoms with Gasteiger partial charge in [0.2, 0.25) is 0 Å². The highest BCUT2D eigenvalue weighted by molar-refractivity contribution is 6.20. The van der Waals surface area contributed by atoms with Crippen molar-refractivity contribution in [1.82, 2.24) is 9.55 Å². The first-order valence-electron chi connectivity index (χ1n) is 6.06. The molecule has 0 fully saturated rings. The van der Waals surface area contributed by atoms with E-state index in [1.54, 1.807) is 13.8 Å². The topological polar surface area (TPSA) is 17.8 Å². The van der Waals surface area contributed by atoms with E-state index in [9.17, 15) is 17.6 Å². The Balaban J connectivity index is 2.53. The van der Waals surface area contributed by atoms with Gasteiger partial charge in [0.05, 0.1) is 22.8 Å². The Hall–Kier alpha value is -1.30. The van der Waals surface area contributed by atoms with Gasteiger partial charge in [-0.1, -0.05) is 0 Å². The van der Waals surface area contributed by atoms with E-state index in [0.29, 0.717) is 22.4 Å². The van der Waals surface area contributed by atoms with Gasteiger partial charge in [0.25, 0.3) is 0 Å². The van der Waals surface area contributed by atoms with Crippen molar-refractivity contribution >= 4 is 22.6 Å². The molecule has 0 aliphatic carbocycles. The molecule has 2 rings (SSSR count). The fourth-order valence-electron chi connectivity index (χ4n) is 2.05. The molecule has 0 bridgehead atoms. The van der Waals surface area contributed by atoms with Crippen molar-refractivity contribution in [2.45, 2.75) is 38.4 Å². The summed E-state index contributed by atoms with van der Waals surface area (Å²) in [6.45, 7) is 2.90. The predicted molar refractivity (Wildman–Crippen MR) is 69.4 cm³/mol. The smallest absolute Gasteiger partial charge is 0.326 e. The molecule has 7 heteroatoms. The second kappa shape index (κ2) is 5.24. The fourth-order valence-corrected chi connectivity index (χ4v) is 2.21. The minimum absolute atomic E-state index is 0.280. The molecule has 0 aliphatic rings. The molecule has 2 aromatic rings. The van der Waals surface area contributed by atoms with Crippen molar-refractivity contribution in [3.63, 3.8) is 0 Å². The SMILES string of the molecule is Cc1cc2c(cc1F)nc(C(C)Cl)n2CCC(F)(F)F. The number of fused-ring (bicyclic) bond motifs is 1. The Morgan fingerprint density at radius 3 is 2.55 bits per heavy atom. The summed E-state index contributed by atoms with van der Waals surface area (Å²) in [5, 5.41) is -0.556. The van der Waals surface area contributed by atoms with Crippen LogP contribution < -0.4 is 0 Å². The molecule has 0 saturated carbocycles. The first-order valence-corrected chi connectivity index (χ1v) is 6.50. The van der Waals surface area contributed by atoms with Crippen LogP contribution in [-0.2, 0) is 6.54 Å². The molecule has 0 N–H and O–H groups in total. The Morgan fingerprint density at radius 1 is 1.35 bits per heavy atom. The molecule has 0 radical (unpaired) electrons. The van der Waals surface area contributed by atoms with E-state index in [1.807, 2.05) is 0 Å². The van der Waals surface area contributed by atoms with Crippen molar-refractivity contribution in [2.75, 3.05) is 0 Å². The van der Waals surface area contributed by atoms with Gasteiger partial charge in [0.1, 0.15) is 11.6 Å². The third-order valence-electron chi connectivity index (χ3n) is 3.03. The number of hydrogen-bond donors (Lipinski definition) is 0. The van der Waals surface area contributed by atoms with E-state index in [2.05, 4.69) is 4.98 Å². The number of halogens is 5. The minimum atomic E-state index is -4.27. The van der Waals surface area contributed by atoms with Gasteiger partial charge in [-0.2, -0.15) is 13.2 Å². The lowest BCUT2D eigenvalue weighted by atomic mass is 10.2. The third kappa shape index (κ3) is 3.06. The molecule has 1 atom stereocenters. The van der Waals surface area contributed by atoms with E-state index in [-0.39, 0.29) is 6.54 Å². The van der Waals surface area contributed by atoms with Crippen LogP contribution in [0.3, 0.4) is 0 Å². The van der Waals surface area contributed by atoms with Crippen molar-refractivity contribution in [3.05, 3.63) is 29.3 Å². The quantitative estimate of drug-likeness (QED) is 0.592. The Kier molecular flexibility index (Phi) is 3.95. The number of rotatable bonds is 3. The van der Waals surface area contributed by atoms with Gasteiger partial charge in [-0.25, -0.2) is 9.37 Å². The summed E-state index contributed by atoms with van der Waals surface area (Å²) in [6, 6.07) is 2.72. The second-order valence-corrected chi connectivity index (χ2v) is 5.35. The normalized spacial score (nSPS) is 13.9. The summed E-state index contributed by atoms with van der Waals surface area (Å²) < 4.78 is 52.1.